The molecule has 0 spiro atoms. The Balaban J connectivity index is 0.00000312. The van der Waals surface area contributed by atoms with Gasteiger partial charge < -0.3 is 20.1 Å². The Kier molecular flexibility index (Phi) is 10.9. The Hall–Kier alpha value is -0.450. The third-order valence-electron chi connectivity index (χ3n) is 3.81. The quantitative estimate of drug-likeness (QED) is 0.339. The summed E-state index contributed by atoms with van der Waals surface area (Å²) in [5.41, 5.74) is 1.13. The zero-order chi connectivity index (χ0) is 17.4. The van der Waals surface area contributed by atoms with Crippen LogP contribution in [-0.4, -0.2) is 56.0 Å². The smallest absolute Gasteiger partial charge is 0.191 e. The molecule has 2 N–H and O–H groups in total. The van der Waals surface area contributed by atoms with Gasteiger partial charge in [0.2, 0.25) is 0 Å². The summed E-state index contributed by atoms with van der Waals surface area (Å²) in [6, 6.07) is 0.204. The standard InChI is InChI=1S/C17H30N4O2S.HI/c1-5-18-17(19-8-6-16-13(3)21-14(4)24-16)20-12(2)10-23-15-7-9-22-11-15;/h12,15H,5-11H2,1-4H3,(H2,18,19,20);1H. The van der Waals surface area contributed by atoms with E-state index in [0.29, 0.717) is 13.2 Å². The first-order chi connectivity index (χ1) is 11.6. The fraction of sp³-hybridized carbons (Fsp3) is 0.765. The number of hydrogen-bond donors (Lipinski definition) is 2. The summed E-state index contributed by atoms with van der Waals surface area (Å²) in [4.78, 5) is 10.5. The van der Waals surface area contributed by atoms with Crippen LogP contribution >= 0.6 is 35.3 Å². The largest absolute Gasteiger partial charge is 0.379 e. The van der Waals surface area contributed by atoms with Crippen LogP contribution in [0.15, 0.2) is 4.99 Å². The van der Waals surface area contributed by atoms with E-state index in [1.807, 2.05) is 6.92 Å². The van der Waals surface area contributed by atoms with Crippen molar-refractivity contribution in [3.05, 3.63) is 15.6 Å². The van der Waals surface area contributed by atoms with E-state index in [-0.39, 0.29) is 36.1 Å². The maximum absolute atomic E-state index is 5.86. The fourth-order valence-corrected chi connectivity index (χ4v) is 3.52. The molecule has 2 heterocycles. The van der Waals surface area contributed by atoms with Gasteiger partial charge in [0.05, 0.1) is 30.0 Å². The number of ether oxygens (including phenoxy) is 2. The number of hydrogen-bond acceptors (Lipinski definition) is 5. The second-order valence-corrected chi connectivity index (χ2v) is 7.40. The lowest BCUT2D eigenvalue weighted by Crippen LogP contribution is -2.44. The SMILES string of the molecule is CCNC(=NCCc1sc(C)nc1C)NC(C)COC1CCOC1.I. The highest BCUT2D eigenvalue weighted by Gasteiger charge is 2.17. The average Bonchev–Trinajstić information content (AvgIpc) is 3.15. The highest BCUT2D eigenvalue weighted by atomic mass is 127. The lowest BCUT2D eigenvalue weighted by molar-refractivity contribution is 0.0347. The summed E-state index contributed by atoms with van der Waals surface area (Å²) in [6.45, 7) is 12.1. The van der Waals surface area contributed by atoms with Gasteiger partial charge in [-0.3, -0.25) is 4.99 Å². The van der Waals surface area contributed by atoms with E-state index < -0.39 is 0 Å². The van der Waals surface area contributed by atoms with Crippen molar-refractivity contribution in [2.75, 3.05) is 32.9 Å². The summed E-state index contributed by atoms with van der Waals surface area (Å²) >= 11 is 1.76. The Labute approximate surface area is 172 Å². The summed E-state index contributed by atoms with van der Waals surface area (Å²) in [6.07, 6.45) is 2.17. The minimum absolute atomic E-state index is 0. The van der Waals surface area contributed by atoms with Gasteiger partial charge in [0.1, 0.15) is 0 Å². The number of nitrogens with zero attached hydrogens (tertiary/aromatic N) is 2. The Morgan fingerprint density at radius 2 is 2.28 bits per heavy atom. The molecule has 8 heteroatoms. The predicted octanol–water partition coefficient (Wildman–Crippen LogP) is 2.67. The van der Waals surface area contributed by atoms with Crippen LogP contribution in [-0.2, 0) is 15.9 Å². The van der Waals surface area contributed by atoms with Gasteiger partial charge in [0.15, 0.2) is 5.96 Å². The molecule has 0 bridgehead atoms. The van der Waals surface area contributed by atoms with Crippen LogP contribution in [0, 0.1) is 13.8 Å². The van der Waals surface area contributed by atoms with Crippen LogP contribution in [0.25, 0.3) is 0 Å². The molecular formula is C17H31IN4O2S. The first-order valence-electron chi connectivity index (χ1n) is 8.75. The van der Waals surface area contributed by atoms with Crippen molar-refractivity contribution in [1.29, 1.82) is 0 Å². The molecule has 6 nitrogen and oxygen atoms in total. The second-order valence-electron chi connectivity index (χ2n) is 6.12. The van der Waals surface area contributed by atoms with Crippen molar-refractivity contribution in [2.24, 2.45) is 4.99 Å². The lowest BCUT2D eigenvalue weighted by atomic mass is 10.3. The van der Waals surface area contributed by atoms with Crippen molar-refractivity contribution in [2.45, 2.75) is 52.7 Å². The molecule has 2 unspecified atom stereocenters. The molecule has 1 aromatic heterocycles. The zero-order valence-electron chi connectivity index (χ0n) is 15.6. The van der Waals surface area contributed by atoms with Gasteiger partial charge in [-0.1, -0.05) is 0 Å². The maximum Gasteiger partial charge on any atom is 0.191 e. The summed E-state index contributed by atoms with van der Waals surface area (Å²) in [7, 11) is 0. The van der Waals surface area contributed by atoms with Crippen LogP contribution < -0.4 is 10.6 Å². The van der Waals surface area contributed by atoms with E-state index in [4.69, 9.17) is 9.47 Å². The van der Waals surface area contributed by atoms with Crippen molar-refractivity contribution in [1.82, 2.24) is 15.6 Å². The van der Waals surface area contributed by atoms with Crippen LogP contribution in [0.2, 0.25) is 0 Å². The highest BCUT2D eigenvalue weighted by molar-refractivity contribution is 14.0. The fourth-order valence-electron chi connectivity index (χ4n) is 2.59. The number of guanidine groups is 1. The molecule has 2 atom stereocenters. The van der Waals surface area contributed by atoms with Gasteiger partial charge in [0.25, 0.3) is 0 Å². The first-order valence-corrected chi connectivity index (χ1v) is 9.57. The minimum atomic E-state index is 0. The number of nitrogens with one attached hydrogen (secondary N) is 2. The minimum Gasteiger partial charge on any atom is -0.379 e. The van der Waals surface area contributed by atoms with Crippen molar-refractivity contribution in [3.8, 4) is 0 Å². The molecule has 1 fully saturated rings. The van der Waals surface area contributed by atoms with Gasteiger partial charge >= 0.3 is 0 Å². The molecule has 0 aliphatic carbocycles. The maximum atomic E-state index is 5.86. The molecule has 0 radical (unpaired) electrons. The molecule has 1 aliphatic heterocycles. The van der Waals surface area contributed by atoms with Crippen LogP contribution in [0.4, 0.5) is 0 Å². The van der Waals surface area contributed by atoms with E-state index in [0.717, 1.165) is 49.2 Å². The average molecular weight is 482 g/mol. The normalized spacial score (nSPS) is 18.7. The Bertz CT molecular complexity index is 533. The van der Waals surface area contributed by atoms with Gasteiger partial charge in [0, 0.05) is 37.0 Å². The first kappa shape index (κ1) is 22.6. The van der Waals surface area contributed by atoms with E-state index in [1.165, 1.54) is 4.88 Å². The molecule has 1 saturated heterocycles. The second kappa shape index (κ2) is 12.0. The molecule has 25 heavy (non-hydrogen) atoms. The number of aromatic nitrogens is 1. The number of aliphatic imine (C=N–C) groups is 1. The molecule has 0 aromatic carbocycles. The lowest BCUT2D eigenvalue weighted by Gasteiger charge is -2.19. The molecular weight excluding hydrogens is 451 g/mol. The van der Waals surface area contributed by atoms with E-state index in [9.17, 15) is 0 Å². The third kappa shape index (κ3) is 8.19. The van der Waals surface area contributed by atoms with Gasteiger partial charge in [-0.05, 0) is 34.1 Å². The molecule has 0 amide bonds. The monoisotopic (exact) mass is 482 g/mol. The molecule has 144 valence electrons. The molecule has 1 aromatic rings. The van der Waals surface area contributed by atoms with Crippen LogP contribution in [0.3, 0.4) is 0 Å². The number of aryl methyl sites for hydroxylation is 2. The topological polar surface area (TPSA) is 67.8 Å². The van der Waals surface area contributed by atoms with E-state index >= 15 is 0 Å². The molecule has 0 saturated carbocycles. The third-order valence-corrected chi connectivity index (χ3v) is 4.94. The van der Waals surface area contributed by atoms with Crippen molar-refractivity contribution in [3.63, 3.8) is 0 Å². The predicted molar refractivity (Wildman–Crippen MR) is 114 cm³/mol. The summed E-state index contributed by atoms with van der Waals surface area (Å²) in [5.74, 6) is 0.843. The number of thiazole rings is 1. The molecule has 2 rings (SSSR count). The number of halogens is 1. The number of rotatable bonds is 8. The van der Waals surface area contributed by atoms with Crippen molar-refractivity contribution < 1.29 is 9.47 Å². The molecule has 1 aliphatic rings. The summed E-state index contributed by atoms with van der Waals surface area (Å²) < 4.78 is 11.2. The van der Waals surface area contributed by atoms with Gasteiger partial charge in [-0.2, -0.15) is 0 Å². The zero-order valence-corrected chi connectivity index (χ0v) is 18.8. The Morgan fingerprint density at radius 3 is 2.88 bits per heavy atom. The van der Waals surface area contributed by atoms with Gasteiger partial charge in [-0.15, -0.1) is 35.3 Å². The van der Waals surface area contributed by atoms with Crippen LogP contribution in [0.5, 0.6) is 0 Å². The summed E-state index contributed by atoms with van der Waals surface area (Å²) in [5, 5.41) is 7.83. The van der Waals surface area contributed by atoms with Crippen LogP contribution in [0.1, 0.15) is 35.8 Å². The Morgan fingerprint density at radius 1 is 1.48 bits per heavy atom. The van der Waals surface area contributed by atoms with Crippen molar-refractivity contribution >= 4 is 41.3 Å². The van der Waals surface area contributed by atoms with Gasteiger partial charge in [-0.25, -0.2) is 4.98 Å². The van der Waals surface area contributed by atoms with E-state index in [2.05, 4.69) is 41.4 Å². The highest BCUT2D eigenvalue weighted by Crippen LogP contribution is 2.17. The van der Waals surface area contributed by atoms with E-state index in [1.54, 1.807) is 11.3 Å².